The van der Waals surface area contributed by atoms with Crippen LogP contribution in [0.15, 0.2) is 23.3 Å². The first kappa shape index (κ1) is 11.6. The van der Waals surface area contributed by atoms with Gasteiger partial charge in [-0.1, -0.05) is 29.3 Å². The fourth-order valence-electron chi connectivity index (χ4n) is 0.811. The van der Waals surface area contributed by atoms with Crippen molar-refractivity contribution in [2.45, 2.75) is 0 Å². The van der Waals surface area contributed by atoms with Crippen LogP contribution in [0.2, 0.25) is 10.0 Å². The molecule has 5 nitrogen and oxygen atoms in total. The second-order valence-electron chi connectivity index (χ2n) is 2.58. The van der Waals surface area contributed by atoms with E-state index in [2.05, 4.69) is 5.10 Å². The first-order valence-electron chi connectivity index (χ1n) is 3.85. The van der Waals surface area contributed by atoms with E-state index < -0.39 is 5.96 Å². The van der Waals surface area contributed by atoms with Crippen LogP contribution in [-0.4, -0.2) is 17.0 Å². The van der Waals surface area contributed by atoms with Crippen molar-refractivity contribution in [3.05, 3.63) is 39.0 Å². The molecule has 0 aliphatic rings. The normalized spacial score (nSPS) is 10.5. The Morgan fingerprint density at radius 1 is 1.33 bits per heavy atom. The van der Waals surface area contributed by atoms with Crippen molar-refractivity contribution >= 4 is 35.4 Å². The predicted molar refractivity (Wildman–Crippen MR) is 61.1 cm³/mol. The van der Waals surface area contributed by atoms with Gasteiger partial charge in [0.05, 0.1) is 16.3 Å². The van der Waals surface area contributed by atoms with Crippen molar-refractivity contribution in [1.82, 2.24) is 0 Å². The molecule has 0 fully saturated rings. The van der Waals surface area contributed by atoms with Crippen LogP contribution in [0.1, 0.15) is 5.56 Å². The molecule has 0 heterocycles. The Labute approximate surface area is 96.2 Å². The highest BCUT2D eigenvalue weighted by molar-refractivity contribution is 6.38. The Bertz CT molecular complexity index is 406. The van der Waals surface area contributed by atoms with E-state index in [1.807, 2.05) is 0 Å². The first-order valence-corrected chi connectivity index (χ1v) is 4.61. The van der Waals surface area contributed by atoms with Crippen LogP contribution in [0.5, 0.6) is 0 Å². The molecular formula is C8H8Cl2N4O. The average Bonchev–Trinajstić information content (AvgIpc) is 2.16. The van der Waals surface area contributed by atoms with Gasteiger partial charge in [-0.25, -0.2) is 0 Å². The summed E-state index contributed by atoms with van der Waals surface area (Å²) in [6.07, 6.45) is 1.19. The first-order chi connectivity index (χ1) is 7.02. The summed E-state index contributed by atoms with van der Waals surface area (Å²) in [6, 6.07) is 4.93. The van der Waals surface area contributed by atoms with Crippen molar-refractivity contribution in [2.24, 2.45) is 16.6 Å². The van der Waals surface area contributed by atoms with Gasteiger partial charge in [0, 0.05) is 5.56 Å². The third kappa shape index (κ3) is 3.00. The zero-order valence-corrected chi connectivity index (χ0v) is 9.03. The van der Waals surface area contributed by atoms with Crippen molar-refractivity contribution in [3.8, 4) is 0 Å². The van der Waals surface area contributed by atoms with E-state index in [0.717, 1.165) is 0 Å². The molecule has 0 spiro atoms. The lowest BCUT2D eigenvalue weighted by Crippen LogP contribution is -2.30. The SMILES string of the molecule is NC(N)=[N+]([O-])/N=C/c1c(Cl)cccc1Cl. The molecule has 0 atom stereocenters. The number of hydrazone groups is 1. The predicted octanol–water partition coefficient (Wildman–Crippen LogP) is 1.11. The van der Waals surface area contributed by atoms with Crippen LogP contribution in [-0.2, 0) is 0 Å². The van der Waals surface area contributed by atoms with Gasteiger partial charge in [0.2, 0.25) is 0 Å². The van der Waals surface area contributed by atoms with Crippen molar-refractivity contribution < 1.29 is 4.85 Å². The maximum atomic E-state index is 10.9. The van der Waals surface area contributed by atoms with E-state index in [-0.39, 0.29) is 4.85 Å². The van der Waals surface area contributed by atoms with Crippen molar-refractivity contribution in [1.29, 1.82) is 0 Å². The van der Waals surface area contributed by atoms with E-state index in [9.17, 15) is 5.21 Å². The highest BCUT2D eigenvalue weighted by Gasteiger charge is 2.02. The summed E-state index contributed by atoms with van der Waals surface area (Å²) >= 11 is 11.7. The molecule has 7 heteroatoms. The average molecular weight is 247 g/mol. The maximum absolute atomic E-state index is 10.9. The largest absolute Gasteiger partial charge is 0.722 e. The fraction of sp³-hybridized carbons (Fsp3) is 0. The van der Waals surface area contributed by atoms with E-state index >= 15 is 0 Å². The van der Waals surface area contributed by atoms with Crippen LogP contribution in [0.25, 0.3) is 0 Å². The molecule has 4 N–H and O–H groups in total. The molecule has 80 valence electrons. The Kier molecular flexibility index (Phi) is 3.76. The van der Waals surface area contributed by atoms with Crippen LogP contribution in [0.3, 0.4) is 0 Å². The molecule has 1 rings (SSSR count). The van der Waals surface area contributed by atoms with E-state index in [1.165, 1.54) is 6.21 Å². The Balaban J connectivity index is 3.05. The van der Waals surface area contributed by atoms with Gasteiger partial charge >= 0.3 is 5.96 Å². The van der Waals surface area contributed by atoms with Gasteiger partial charge < -0.3 is 5.21 Å². The lowest BCUT2D eigenvalue weighted by molar-refractivity contribution is -0.463. The number of hydrogen-bond donors (Lipinski definition) is 2. The second-order valence-corrected chi connectivity index (χ2v) is 3.39. The minimum absolute atomic E-state index is 0.0691. The lowest BCUT2D eigenvalue weighted by Gasteiger charge is -2.04. The topological polar surface area (TPSA) is 90.5 Å². The standard InChI is InChI=1S/C8H8Cl2N4O/c9-6-2-1-3-7(10)5(6)4-13-14(15)8(11)12/h1-4H,11-12H2/b13-4+. The monoisotopic (exact) mass is 246 g/mol. The van der Waals surface area contributed by atoms with Crippen molar-refractivity contribution in [2.75, 3.05) is 0 Å². The molecule has 0 aliphatic heterocycles. The number of benzene rings is 1. The summed E-state index contributed by atoms with van der Waals surface area (Å²) in [7, 11) is 0. The third-order valence-electron chi connectivity index (χ3n) is 1.51. The molecule has 0 amide bonds. The molecule has 0 saturated heterocycles. The second kappa shape index (κ2) is 4.86. The van der Waals surface area contributed by atoms with Crippen LogP contribution in [0.4, 0.5) is 0 Å². The van der Waals surface area contributed by atoms with Gasteiger partial charge in [-0.2, -0.15) is 0 Å². The van der Waals surface area contributed by atoms with Crippen LogP contribution < -0.4 is 11.5 Å². The van der Waals surface area contributed by atoms with Crippen LogP contribution in [0, 0.1) is 5.21 Å². The van der Waals surface area contributed by atoms with Gasteiger partial charge in [-0.15, -0.1) is 9.95 Å². The zero-order chi connectivity index (χ0) is 11.4. The van der Waals surface area contributed by atoms with Gasteiger partial charge in [-0.05, 0) is 12.1 Å². The molecule has 1 aromatic rings. The summed E-state index contributed by atoms with van der Waals surface area (Å²) in [4.78, 5) is 0.0691. The molecular weight excluding hydrogens is 239 g/mol. The number of halogens is 2. The van der Waals surface area contributed by atoms with Gasteiger partial charge in [-0.3, -0.25) is 11.5 Å². The minimum atomic E-state index is -0.463. The number of nitrogens with zero attached hydrogens (tertiary/aromatic N) is 2. The minimum Gasteiger partial charge on any atom is -0.722 e. The Morgan fingerprint density at radius 2 is 1.87 bits per heavy atom. The summed E-state index contributed by atoms with van der Waals surface area (Å²) in [5.74, 6) is -0.463. The van der Waals surface area contributed by atoms with Crippen molar-refractivity contribution in [3.63, 3.8) is 0 Å². The Hall–Kier alpha value is -1.46. The number of hydrogen-bond acceptors (Lipinski definition) is 2. The lowest BCUT2D eigenvalue weighted by atomic mass is 10.2. The molecule has 0 aliphatic carbocycles. The molecule has 0 saturated carbocycles. The zero-order valence-electron chi connectivity index (χ0n) is 7.52. The quantitative estimate of drug-likeness (QED) is 0.269. The smallest absolute Gasteiger partial charge is 0.366 e. The summed E-state index contributed by atoms with van der Waals surface area (Å²) in [5, 5.41) is 15.1. The van der Waals surface area contributed by atoms with E-state index in [1.54, 1.807) is 18.2 Å². The molecule has 0 unspecified atom stereocenters. The van der Waals surface area contributed by atoms with E-state index in [0.29, 0.717) is 15.6 Å². The summed E-state index contributed by atoms with van der Waals surface area (Å²) in [5.41, 5.74) is 10.4. The molecule has 0 radical (unpaired) electrons. The molecule has 15 heavy (non-hydrogen) atoms. The molecule has 0 aromatic heterocycles. The van der Waals surface area contributed by atoms with Gasteiger partial charge in [0.1, 0.15) is 0 Å². The Morgan fingerprint density at radius 3 is 2.33 bits per heavy atom. The van der Waals surface area contributed by atoms with Crippen LogP contribution >= 0.6 is 23.2 Å². The molecule has 1 aromatic carbocycles. The number of guanidine groups is 1. The number of rotatable bonds is 2. The summed E-state index contributed by atoms with van der Waals surface area (Å²) in [6.45, 7) is 0. The maximum Gasteiger partial charge on any atom is 0.366 e. The fourth-order valence-corrected chi connectivity index (χ4v) is 1.31. The van der Waals surface area contributed by atoms with Gasteiger partial charge in [0.25, 0.3) is 0 Å². The number of nitrogens with two attached hydrogens (primary N) is 2. The summed E-state index contributed by atoms with van der Waals surface area (Å²) < 4.78 is 0. The third-order valence-corrected chi connectivity index (χ3v) is 2.17. The van der Waals surface area contributed by atoms with E-state index in [4.69, 9.17) is 34.7 Å². The highest BCUT2D eigenvalue weighted by Crippen LogP contribution is 2.22. The highest BCUT2D eigenvalue weighted by atomic mass is 35.5. The van der Waals surface area contributed by atoms with Gasteiger partial charge in [0.15, 0.2) is 0 Å². The molecule has 0 bridgehead atoms.